The van der Waals surface area contributed by atoms with Crippen LogP contribution in [0.25, 0.3) is 22.3 Å². The summed E-state index contributed by atoms with van der Waals surface area (Å²) >= 11 is 6.72. The van der Waals surface area contributed by atoms with Crippen molar-refractivity contribution in [3.63, 3.8) is 0 Å². The number of hydrogen-bond donors (Lipinski definition) is 2. The van der Waals surface area contributed by atoms with Gasteiger partial charge in [0.25, 0.3) is 5.56 Å². The number of sulfonamides is 1. The number of pyridine rings is 3. The Hall–Kier alpha value is -4.28. The van der Waals surface area contributed by atoms with E-state index in [-0.39, 0.29) is 41.4 Å². The van der Waals surface area contributed by atoms with Crippen LogP contribution in [0.4, 0.5) is 11.6 Å². The van der Waals surface area contributed by atoms with Crippen molar-refractivity contribution < 1.29 is 17.4 Å². The third kappa shape index (κ3) is 7.87. The minimum atomic E-state index is -3.52. The number of nitrogens with one attached hydrogen (secondary N) is 1. The predicted molar refractivity (Wildman–Crippen MR) is 197 cm³/mol. The van der Waals surface area contributed by atoms with Crippen LogP contribution in [-0.4, -0.2) is 98.7 Å². The van der Waals surface area contributed by atoms with Gasteiger partial charge in [0.15, 0.2) is 0 Å². The summed E-state index contributed by atoms with van der Waals surface area (Å²) in [5.74, 6) is 1.02. The summed E-state index contributed by atoms with van der Waals surface area (Å²) in [6, 6.07) is 14.1. The van der Waals surface area contributed by atoms with E-state index in [1.807, 2.05) is 24.3 Å². The molecular formula is C34H39ClN8O5S2. The van der Waals surface area contributed by atoms with Gasteiger partial charge < -0.3 is 15.0 Å². The molecular weight excluding hydrogens is 700 g/mol. The molecule has 1 aliphatic rings. The number of benzene rings is 1. The molecule has 5 aromatic rings. The molecule has 0 unspecified atom stereocenters. The van der Waals surface area contributed by atoms with Gasteiger partial charge in [0, 0.05) is 78.9 Å². The fourth-order valence-electron chi connectivity index (χ4n) is 5.68. The maximum Gasteiger partial charge on any atom is 0.261 e. The van der Waals surface area contributed by atoms with Gasteiger partial charge in [-0.15, -0.1) is 0 Å². The summed E-state index contributed by atoms with van der Waals surface area (Å²) in [6.45, 7) is 2.01. The quantitative estimate of drug-likeness (QED) is 0.189. The number of ether oxygens (including phenoxy) is 1. The molecule has 6 rings (SSSR count). The van der Waals surface area contributed by atoms with E-state index in [0.717, 1.165) is 47.9 Å². The van der Waals surface area contributed by atoms with Crippen LogP contribution in [-0.2, 0) is 26.5 Å². The fraction of sp³-hybridized carbons (Fsp3) is 0.324. The van der Waals surface area contributed by atoms with Crippen LogP contribution in [0.2, 0.25) is 5.02 Å². The van der Waals surface area contributed by atoms with Crippen LogP contribution in [0, 0.1) is 0 Å². The normalized spacial score (nSPS) is 15.0. The average Bonchev–Trinajstić information content (AvgIpc) is 3.09. The molecule has 0 spiro atoms. The van der Waals surface area contributed by atoms with Crippen molar-refractivity contribution in [2.45, 2.75) is 35.3 Å². The molecule has 1 fully saturated rings. The van der Waals surface area contributed by atoms with E-state index >= 15 is 0 Å². The second-order valence-corrected chi connectivity index (χ2v) is 17.9. The Bertz CT molecular complexity index is 2230. The average molecular weight is 739 g/mol. The number of aromatic nitrogens is 5. The van der Waals surface area contributed by atoms with E-state index in [2.05, 4.69) is 37.2 Å². The molecule has 50 heavy (non-hydrogen) atoms. The maximum absolute atomic E-state index is 14.1. The molecule has 1 aliphatic heterocycles. The summed E-state index contributed by atoms with van der Waals surface area (Å²) < 4.78 is 46.8. The first-order valence-corrected chi connectivity index (χ1v) is 20.4. The minimum absolute atomic E-state index is 0.00586. The lowest BCUT2D eigenvalue weighted by Crippen LogP contribution is -2.35. The fourth-order valence-corrected chi connectivity index (χ4v) is 8.09. The Morgan fingerprint density at radius 2 is 1.74 bits per heavy atom. The molecule has 16 heteroatoms. The molecule has 1 aromatic carbocycles. The Morgan fingerprint density at radius 1 is 1.04 bits per heavy atom. The molecule has 5 heterocycles. The lowest BCUT2D eigenvalue weighted by Gasteiger charge is -2.29. The Morgan fingerprint density at radius 3 is 2.40 bits per heavy atom. The second kappa shape index (κ2) is 14.5. The first-order valence-electron chi connectivity index (χ1n) is 16.0. The van der Waals surface area contributed by atoms with Crippen molar-refractivity contribution in [2.24, 2.45) is 0 Å². The van der Waals surface area contributed by atoms with Gasteiger partial charge in [-0.25, -0.2) is 17.7 Å². The van der Waals surface area contributed by atoms with Crippen molar-refractivity contribution in [1.82, 2.24) is 33.7 Å². The Labute approximate surface area is 296 Å². The van der Waals surface area contributed by atoms with E-state index in [1.165, 1.54) is 17.8 Å². The number of likely N-dealkylation sites (N-methyl/N-ethyl adjacent to an activating group) is 1. The summed E-state index contributed by atoms with van der Waals surface area (Å²) in [4.78, 5) is 35.1. The Balaban J connectivity index is 1.32. The van der Waals surface area contributed by atoms with Gasteiger partial charge in [-0.05, 0) is 74.7 Å². The first kappa shape index (κ1) is 35.5. The number of rotatable bonds is 11. The molecule has 0 aliphatic carbocycles. The second-order valence-electron chi connectivity index (χ2n) is 12.5. The predicted octanol–water partition coefficient (Wildman–Crippen LogP) is 4.07. The van der Waals surface area contributed by atoms with Crippen molar-refractivity contribution >= 4 is 54.2 Å². The molecule has 264 valence electrons. The number of piperidine rings is 1. The van der Waals surface area contributed by atoms with Crippen LogP contribution in [0.1, 0.15) is 12.8 Å². The van der Waals surface area contributed by atoms with Crippen LogP contribution in [0.15, 0.2) is 87.9 Å². The molecule has 0 bridgehead atoms. The van der Waals surface area contributed by atoms with Gasteiger partial charge in [0.1, 0.15) is 17.5 Å². The molecule has 4 aromatic heterocycles. The van der Waals surface area contributed by atoms with E-state index in [9.17, 15) is 17.4 Å². The molecule has 0 atom stereocenters. The van der Waals surface area contributed by atoms with E-state index < -0.39 is 25.5 Å². The zero-order chi connectivity index (χ0) is 35.6. The largest absolute Gasteiger partial charge is 0.490 e. The summed E-state index contributed by atoms with van der Waals surface area (Å²) in [5, 5.41) is 3.83. The van der Waals surface area contributed by atoms with Crippen molar-refractivity contribution in [1.29, 1.82) is 0 Å². The number of likely N-dealkylation sites (tertiary alicyclic amines) is 1. The molecule has 0 saturated carbocycles. The van der Waals surface area contributed by atoms with Crippen LogP contribution in [0.5, 0.6) is 5.75 Å². The van der Waals surface area contributed by atoms with Crippen LogP contribution < -0.4 is 15.6 Å². The number of anilines is 2. The molecule has 0 amide bonds. The monoisotopic (exact) mass is 738 g/mol. The summed E-state index contributed by atoms with van der Waals surface area (Å²) in [5.41, 5.74) is 0.889. The molecule has 0 radical (unpaired) electrons. The topological polar surface area (TPSA) is 153 Å². The summed E-state index contributed by atoms with van der Waals surface area (Å²) in [6.07, 6.45) is 11.0. The number of hydrogen-bond acceptors (Lipinski definition) is 11. The molecule has 1 N–H and O–H groups in total. The van der Waals surface area contributed by atoms with Gasteiger partial charge in [-0.1, -0.05) is 21.5 Å². The number of halogens is 1. The Kier molecular flexibility index (Phi) is 10.3. The highest BCUT2D eigenvalue weighted by Crippen LogP contribution is 2.32. The van der Waals surface area contributed by atoms with Gasteiger partial charge in [-0.2, -0.15) is 4.98 Å². The van der Waals surface area contributed by atoms with Gasteiger partial charge in [0.2, 0.25) is 16.0 Å². The van der Waals surface area contributed by atoms with E-state index in [0.29, 0.717) is 20.8 Å². The highest BCUT2D eigenvalue weighted by molar-refractivity contribution is 8.02. The maximum atomic E-state index is 14.1. The lowest BCUT2D eigenvalue weighted by molar-refractivity contribution is 0.114. The number of nitrogens with zero attached hydrogens (tertiary/aromatic N) is 7. The minimum Gasteiger partial charge on any atom is -0.490 e. The molecule has 1 saturated heterocycles. The van der Waals surface area contributed by atoms with Gasteiger partial charge in [-0.3, -0.25) is 23.5 Å². The third-order valence-corrected chi connectivity index (χ3v) is 13.0. The van der Waals surface area contributed by atoms with Crippen LogP contribution >= 0.6 is 11.6 Å². The standard InChI is InChI=1S/C34H39ClN8O5S2/c1-41-15-11-26(12-16-41)48-25-7-5-24(6-8-25)39-34-38-21-23-19-29(33(44)43(32(23)40-34)18-17-42(2)50(4,46)47)31-30(35)20-28(22-37-31)49(3,45)27-9-13-36-14-10-27/h5-10,13-14,19-22,26,49H,11-12,15-18H2,1-4H3,(H,38,39,40). The number of fused-ring (bicyclic) bond motifs is 1. The van der Waals surface area contributed by atoms with Gasteiger partial charge >= 0.3 is 0 Å². The zero-order valence-corrected chi connectivity index (χ0v) is 30.6. The van der Waals surface area contributed by atoms with Crippen molar-refractivity contribution in [2.75, 3.05) is 51.6 Å². The van der Waals surface area contributed by atoms with Crippen molar-refractivity contribution in [3.8, 4) is 17.0 Å². The van der Waals surface area contributed by atoms with E-state index in [4.69, 9.17) is 16.3 Å². The SMILES string of the molecule is CN1CCC(Oc2ccc(Nc3ncc4cc(-c5ncc([SH](C)(=O)c6ccncc6)cc5Cl)c(=O)n(CCN(C)S(C)(=O)=O)c4n3)cc2)CC1. The highest BCUT2D eigenvalue weighted by Gasteiger charge is 2.22. The highest BCUT2D eigenvalue weighted by atomic mass is 35.5. The molecule has 13 nitrogen and oxygen atoms in total. The zero-order valence-electron chi connectivity index (χ0n) is 28.2. The van der Waals surface area contributed by atoms with E-state index in [1.54, 1.807) is 49.1 Å². The van der Waals surface area contributed by atoms with Crippen molar-refractivity contribution in [3.05, 3.63) is 88.7 Å². The lowest BCUT2D eigenvalue weighted by atomic mass is 10.1. The summed E-state index contributed by atoms with van der Waals surface area (Å²) in [7, 11) is -3.01. The number of thiol groups is 1. The first-order chi connectivity index (χ1) is 23.8. The van der Waals surface area contributed by atoms with Gasteiger partial charge in [0.05, 0.1) is 22.5 Å². The van der Waals surface area contributed by atoms with Crippen LogP contribution in [0.3, 0.4) is 0 Å². The third-order valence-electron chi connectivity index (χ3n) is 8.84. The smallest absolute Gasteiger partial charge is 0.261 e.